The molecular formula is C36H39N5O3. The molecule has 2 aliphatic rings. The summed E-state index contributed by atoms with van der Waals surface area (Å²) in [5.74, 6) is 1.69. The molecule has 226 valence electrons. The van der Waals surface area contributed by atoms with Crippen LogP contribution in [-0.4, -0.2) is 42.5 Å². The lowest BCUT2D eigenvalue weighted by molar-refractivity contribution is -0.146. The number of esters is 1. The molecule has 2 aliphatic carbocycles. The van der Waals surface area contributed by atoms with E-state index < -0.39 is 6.10 Å². The third-order valence-electron chi connectivity index (χ3n) is 9.53. The van der Waals surface area contributed by atoms with Crippen molar-refractivity contribution in [3.05, 3.63) is 89.5 Å². The second-order valence-electron chi connectivity index (χ2n) is 12.5. The summed E-state index contributed by atoms with van der Waals surface area (Å²) in [5, 5.41) is 16.7. The van der Waals surface area contributed by atoms with Crippen molar-refractivity contribution in [1.82, 2.24) is 24.3 Å². The molecule has 3 heterocycles. The van der Waals surface area contributed by atoms with Crippen LogP contribution in [0.1, 0.15) is 79.1 Å². The number of aryl methyl sites for hydroxylation is 1. The Morgan fingerprint density at radius 2 is 1.68 bits per heavy atom. The van der Waals surface area contributed by atoms with Gasteiger partial charge in [-0.1, -0.05) is 42.5 Å². The van der Waals surface area contributed by atoms with Gasteiger partial charge in [0.25, 0.3) is 0 Å². The molecule has 0 aliphatic heterocycles. The Morgan fingerprint density at radius 3 is 2.39 bits per heavy atom. The van der Waals surface area contributed by atoms with Gasteiger partial charge in [0.05, 0.1) is 36.9 Å². The zero-order chi connectivity index (χ0) is 30.4. The van der Waals surface area contributed by atoms with Gasteiger partial charge >= 0.3 is 5.97 Å². The molecule has 2 fully saturated rings. The van der Waals surface area contributed by atoms with E-state index >= 15 is 0 Å². The number of carbonyl (C=O) groups is 1. The van der Waals surface area contributed by atoms with Crippen molar-refractivity contribution in [2.45, 2.75) is 69.9 Å². The fourth-order valence-corrected chi connectivity index (χ4v) is 6.96. The number of fused-ring (bicyclic) bond motifs is 1. The van der Waals surface area contributed by atoms with E-state index in [2.05, 4.69) is 36.7 Å². The van der Waals surface area contributed by atoms with Gasteiger partial charge in [0, 0.05) is 58.7 Å². The Balaban J connectivity index is 1.20. The Morgan fingerprint density at radius 1 is 0.932 bits per heavy atom. The van der Waals surface area contributed by atoms with Crippen LogP contribution in [0.5, 0.6) is 0 Å². The minimum absolute atomic E-state index is 0.00828. The number of aliphatic hydroxyl groups excluding tert-OH is 1. The minimum Gasteiger partial charge on any atom is -0.469 e. The zero-order valence-corrected chi connectivity index (χ0v) is 25.6. The molecule has 0 radical (unpaired) electrons. The molecule has 8 heteroatoms. The highest BCUT2D eigenvalue weighted by molar-refractivity contribution is 5.94. The highest BCUT2D eigenvalue weighted by Gasteiger charge is 2.33. The van der Waals surface area contributed by atoms with Crippen LogP contribution in [0.2, 0.25) is 0 Å². The normalized spacial score (nSPS) is 19.3. The van der Waals surface area contributed by atoms with Crippen LogP contribution in [-0.2, 0) is 23.1 Å². The van der Waals surface area contributed by atoms with Crippen LogP contribution in [0.4, 0.5) is 0 Å². The van der Waals surface area contributed by atoms with E-state index in [4.69, 9.17) is 19.8 Å². The summed E-state index contributed by atoms with van der Waals surface area (Å²) in [4.78, 5) is 22.4. The standard InChI is InChI=1S/C36H39N5O3/c1-22-27(18-19-30(37-22)23-12-16-26(17-13-23)36(43)44-3)35-38-33(34(40(35)2)25-14-15-25)28-10-7-11-31-29(28)20-41(39-31)21-32(42)24-8-5-4-6-9-24/h4-11,18-20,23,25-26,32,42H,12-17,21H2,1-3H3/t23?,26?,32-/m0/s1. The average molecular weight is 590 g/mol. The minimum atomic E-state index is -0.640. The van der Waals surface area contributed by atoms with Crippen molar-refractivity contribution in [2.75, 3.05) is 7.11 Å². The van der Waals surface area contributed by atoms with Gasteiger partial charge in [-0.25, -0.2) is 4.98 Å². The number of imidazole rings is 1. The predicted molar refractivity (Wildman–Crippen MR) is 170 cm³/mol. The second-order valence-corrected chi connectivity index (χ2v) is 12.5. The van der Waals surface area contributed by atoms with E-state index in [1.807, 2.05) is 53.3 Å². The number of hydrogen-bond donors (Lipinski definition) is 1. The van der Waals surface area contributed by atoms with Gasteiger partial charge in [0.15, 0.2) is 0 Å². The molecule has 0 spiro atoms. The lowest BCUT2D eigenvalue weighted by Gasteiger charge is -2.26. The number of rotatable bonds is 8. The first-order valence-electron chi connectivity index (χ1n) is 15.7. The fourth-order valence-electron chi connectivity index (χ4n) is 6.96. The van der Waals surface area contributed by atoms with Gasteiger partial charge in [0.1, 0.15) is 5.82 Å². The van der Waals surface area contributed by atoms with Gasteiger partial charge in [-0.2, -0.15) is 5.10 Å². The van der Waals surface area contributed by atoms with E-state index in [0.717, 1.165) is 89.0 Å². The molecule has 0 saturated heterocycles. The van der Waals surface area contributed by atoms with E-state index in [1.165, 1.54) is 12.8 Å². The summed E-state index contributed by atoms with van der Waals surface area (Å²) < 4.78 is 9.08. The largest absolute Gasteiger partial charge is 0.469 e. The fraction of sp³-hybridized carbons (Fsp3) is 0.389. The molecule has 1 atom stereocenters. The summed E-state index contributed by atoms with van der Waals surface area (Å²) >= 11 is 0. The number of pyridine rings is 1. The number of aromatic nitrogens is 5. The first-order valence-corrected chi connectivity index (χ1v) is 15.7. The van der Waals surface area contributed by atoms with Gasteiger partial charge in [-0.05, 0) is 69.2 Å². The topological polar surface area (TPSA) is 95.1 Å². The molecule has 8 nitrogen and oxygen atoms in total. The monoisotopic (exact) mass is 589 g/mol. The van der Waals surface area contributed by atoms with Gasteiger partial charge in [-0.3, -0.25) is 14.5 Å². The molecule has 7 rings (SSSR count). The Hall–Kier alpha value is -4.30. The Labute approximate surface area is 257 Å². The van der Waals surface area contributed by atoms with Crippen molar-refractivity contribution in [3.63, 3.8) is 0 Å². The quantitative estimate of drug-likeness (QED) is 0.199. The molecule has 5 aromatic rings. The maximum absolute atomic E-state index is 12.0. The lowest BCUT2D eigenvalue weighted by atomic mass is 9.80. The third-order valence-corrected chi connectivity index (χ3v) is 9.53. The lowest BCUT2D eigenvalue weighted by Crippen LogP contribution is -2.22. The van der Waals surface area contributed by atoms with Crippen LogP contribution in [0, 0.1) is 12.8 Å². The maximum atomic E-state index is 12.0. The summed E-state index contributed by atoms with van der Waals surface area (Å²) in [7, 11) is 3.60. The molecule has 3 aromatic heterocycles. The van der Waals surface area contributed by atoms with Gasteiger partial charge in [0.2, 0.25) is 0 Å². The SMILES string of the molecule is COC(=O)C1CCC(c2ccc(-c3nc(-c4cccc5nn(C[C@H](O)c6ccccc6)cc45)c(C4CC4)n3C)c(C)n2)CC1. The maximum Gasteiger partial charge on any atom is 0.308 e. The van der Waals surface area contributed by atoms with E-state index in [1.54, 1.807) is 0 Å². The van der Waals surface area contributed by atoms with Crippen LogP contribution in [0.15, 0.2) is 66.9 Å². The number of carbonyl (C=O) groups excluding carboxylic acids is 1. The molecule has 0 unspecified atom stereocenters. The Kier molecular flexibility index (Phi) is 7.54. The van der Waals surface area contributed by atoms with Crippen molar-refractivity contribution in [2.24, 2.45) is 13.0 Å². The number of nitrogens with zero attached hydrogens (tertiary/aromatic N) is 5. The molecule has 2 aromatic carbocycles. The van der Waals surface area contributed by atoms with Crippen LogP contribution >= 0.6 is 0 Å². The Bertz CT molecular complexity index is 1810. The number of ether oxygens (including phenoxy) is 1. The molecule has 44 heavy (non-hydrogen) atoms. The summed E-state index contributed by atoms with van der Waals surface area (Å²) in [6.45, 7) is 2.45. The summed E-state index contributed by atoms with van der Waals surface area (Å²) in [6.07, 6.45) is 7.32. The smallest absolute Gasteiger partial charge is 0.308 e. The summed E-state index contributed by atoms with van der Waals surface area (Å²) in [5.41, 5.74) is 8.21. The number of hydrogen-bond acceptors (Lipinski definition) is 6. The van der Waals surface area contributed by atoms with E-state index in [9.17, 15) is 9.90 Å². The van der Waals surface area contributed by atoms with Crippen molar-refractivity contribution in [1.29, 1.82) is 0 Å². The molecular weight excluding hydrogens is 550 g/mol. The molecule has 2 saturated carbocycles. The van der Waals surface area contributed by atoms with Crippen LogP contribution in [0.25, 0.3) is 33.5 Å². The highest BCUT2D eigenvalue weighted by atomic mass is 16.5. The summed E-state index contributed by atoms with van der Waals surface area (Å²) in [6, 6.07) is 20.3. The van der Waals surface area contributed by atoms with E-state index in [-0.39, 0.29) is 11.9 Å². The molecule has 0 bridgehead atoms. The van der Waals surface area contributed by atoms with Crippen LogP contribution < -0.4 is 0 Å². The van der Waals surface area contributed by atoms with Crippen LogP contribution in [0.3, 0.4) is 0 Å². The highest BCUT2D eigenvalue weighted by Crippen LogP contribution is 2.47. The molecule has 0 amide bonds. The first-order chi connectivity index (χ1) is 21.4. The number of benzene rings is 2. The van der Waals surface area contributed by atoms with Gasteiger partial charge in [-0.15, -0.1) is 0 Å². The van der Waals surface area contributed by atoms with Gasteiger partial charge < -0.3 is 14.4 Å². The van der Waals surface area contributed by atoms with E-state index in [0.29, 0.717) is 18.4 Å². The first kappa shape index (κ1) is 28.5. The third kappa shape index (κ3) is 5.32. The number of methoxy groups -OCH3 is 1. The predicted octanol–water partition coefficient (Wildman–Crippen LogP) is 6.87. The van der Waals surface area contributed by atoms with Crippen molar-refractivity contribution in [3.8, 4) is 22.6 Å². The molecule has 1 N–H and O–H groups in total. The number of aliphatic hydroxyl groups is 1. The van der Waals surface area contributed by atoms with Crippen molar-refractivity contribution < 1.29 is 14.6 Å². The average Bonchev–Trinajstić information content (AvgIpc) is 3.71. The zero-order valence-electron chi connectivity index (χ0n) is 25.6. The second kappa shape index (κ2) is 11.7. The van der Waals surface area contributed by atoms with Crippen molar-refractivity contribution >= 4 is 16.9 Å².